The van der Waals surface area contributed by atoms with Crippen molar-refractivity contribution in [2.45, 2.75) is 6.54 Å². The number of nitro benzene ring substituents is 1. The molecule has 1 heterocycles. The molecule has 19 heavy (non-hydrogen) atoms. The van der Waals surface area contributed by atoms with Crippen LogP contribution in [-0.4, -0.2) is 9.91 Å². The number of aromatic nitrogens is 1. The van der Waals surface area contributed by atoms with Crippen LogP contribution in [-0.2, 0) is 6.54 Å². The lowest BCUT2D eigenvalue weighted by Crippen LogP contribution is -2.03. The minimum atomic E-state index is -0.817. The molecule has 0 unspecified atom stereocenters. The van der Waals surface area contributed by atoms with Gasteiger partial charge in [-0.05, 0) is 23.8 Å². The quantitative estimate of drug-likeness (QED) is 0.689. The van der Waals surface area contributed by atoms with Crippen LogP contribution >= 0.6 is 11.6 Å². The highest BCUT2D eigenvalue weighted by molar-refractivity contribution is 6.31. The van der Waals surface area contributed by atoms with Gasteiger partial charge in [0.25, 0.3) is 5.69 Å². The van der Waals surface area contributed by atoms with E-state index in [1.54, 1.807) is 24.5 Å². The van der Waals surface area contributed by atoms with Gasteiger partial charge in [-0.1, -0.05) is 11.6 Å². The highest BCUT2D eigenvalue weighted by Crippen LogP contribution is 2.30. The van der Waals surface area contributed by atoms with Gasteiger partial charge in [0.2, 0.25) is 0 Å². The predicted molar refractivity (Wildman–Crippen MR) is 69.6 cm³/mol. The first-order valence-electron chi connectivity index (χ1n) is 5.34. The van der Waals surface area contributed by atoms with E-state index in [0.717, 1.165) is 11.6 Å². The Morgan fingerprint density at radius 3 is 2.68 bits per heavy atom. The van der Waals surface area contributed by atoms with Crippen LogP contribution in [0.5, 0.6) is 0 Å². The average Bonchev–Trinajstić information content (AvgIpc) is 2.40. The number of pyridine rings is 1. The van der Waals surface area contributed by atoms with Crippen LogP contribution in [0.25, 0.3) is 0 Å². The summed E-state index contributed by atoms with van der Waals surface area (Å²) in [6, 6.07) is 5.54. The zero-order chi connectivity index (χ0) is 13.8. The molecule has 2 rings (SSSR count). The Morgan fingerprint density at radius 1 is 1.37 bits per heavy atom. The maximum atomic E-state index is 13.2. The van der Waals surface area contributed by atoms with Gasteiger partial charge in [0.15, 0.2) is 0 Å². The normalized spacial score (nSPS) is 10.2. The molecule has 1 N–H and O–H groups in total. The largest absolute Gasteiger partial charge is 0.375 e. The Morgan fingerprint density at radius 2 is 2.05 bits per heavy atom. The van der Waals surface area contributed by atoms with E-state index >= 15 is 0 Å². The number of rotatable bonds is 4. The molecule has 7 heteroatoms. The molecule has 0 aliphatic rings. The first-order chi connectivity index (χ1) is 9.08. The molecule has 0 atom stereocenters. The average molecular weight is 282 g/mol. The van der Waals surface area contributed by atoms with Gasteiger partial charge >= 0.3 is 0 Å². The molecule has 1 aromatic heterocycles. The van der Waals surface area contributed by atoms with Crippen LogP contribution in [0.2, 0.25) is 5.02 Å². The smallest absolute Gasteiger partial charge is 0.295 e. The Kier molecular flexibility index (Phi) is 3.91. The van der Waals surface area contributed by atoms with Crippen LogP contribution in [0.4, 0.5) is 15.8 Å². The minimum absolute atomic E-state index is 0.164. The van der Waals surface area contributed by atoms with Gasteiger partial charge in [0.05, 0.1) is 16.0 Å². The number of hydrogen-bond acceptors (Lipinski definition) is 4. The van der Waals surface area contributed by atoms with E-state index in [9.17, 15) is 14.5 Å². The lowest BCUT2D eigenvalue weighted by Gasteiger charge is -2.08. The van der Waals surface area contributed by atoms with Crippen LogP contribution in [0.3, 0.4) is 0 Å². The van der Waals surface area contributed by atoms with Gasteiger partial charge in [-0.25, -0.2) is 4.39 Å². The maximum absolute atomic E-state index is 13.2. The maximum Gasteiger partial charge on any atom is 0.295 e. The predicted octanol–water partition coefficient (Wildman–Crippen LogP) is 3.39. The van der Waals surface area contributed by atoms with Crippen molar-refractivity contribution in [2.75, 3.05) is 5.32 Å². The molecule has 98 valence electrons. The number of nitrogens with zero attached hydrogens (tertiary/aromatic N) is 2. The molecular weight excluding hydrogens is 273 g/mol. The second kappa shape index (κ2) is 5.62. The Labute approximate surface area is 113 Å². The molecule has 0 saturated carbocycles. The molecular formula is C12H9ClFN3O2. The van der Waals surface area contributed by atoms with Crippen LogP contribution < -0.4 is 5.32 Å². The summed E-state index contributed by atoms with van der Waals surface area (Å²) in [4.78, 5) is 14.0. The standard InChI is InChI=1S/C12H9ClFN3O2/c13-9-5-11(12(17(18)19)6-10(9)14)16-7-8-1-3-15-4-2-8/h1-6,16H,7H2. The summed E-state index contributed by atoms with van der Waals surface area (Å²) in [6.45, 7) is 0.353. The first kappa shape index (κ1) is 13.2. The molecule has 2 aromatic rings. The van der Waals surface area contributed by atoms with Crippen molar-refractivity contribution in [2.24, 2.45) is 0 Å². The van der Waals surface area contributed by atoms with Crippen LogP contribution in [0, 0.1) is 15.9 Å². The molecule has 0 aliphatic carbocycles. The van der Waals surface area contributed by atoms with Crippen molar-refractivity contribution in [3.63, 3.8) is 0 Å². The van der Waals surface area contributed by atoms with Crippen molar-refractivity contribution in [3.8, 4) is 0 Å². The summed E-state index contributed by atoms with van der Waals surface area (Å²) in [5.74, 6) is -0.817. The third kappa shape index (κ3) is 3.17. The van der Waals surface area contributed by atoms with E-state index in [2.05, 4.69) is 10.3 Å². The van der Waals surface area contributed by atoms with Crippen molar-refractivity contribution in [1.29, 1.82) is 0 Å². The zero-order valence-corrected chi connectivity index (χ0v) is 10.4. The topological polar surface area (TPSA) is 68.1 Å². The number of nitro groups is 1. The number of halogens is 2. The molecule has 0 aliphatic heterocycles. The monoisotopic (exact) mass is 281 g/mol. The molecule has 0 saturated heterocycles. The van der Waals surface area contributed by atoms with Crippen LogP contribution in [0.1, 0.15) is 5.56 Å². The van der Waals surface area contributed by atoms with E-state index < -0.39 is 10.7 Å². The van der Waals surface area contributed by atoms with Gasteiger partial charge < -0.3 is 5.32 Å². The number of hydrogen-bond donors (Lipinski definition) is 1. The summed E-state index contributed by atoms with van der Waals surface area (Å²) >= 11 is 5.62. The lowest BCUT2D eigenvalue weighted by molar-refractivity contribution is -0.384. The second-order valence-corrected chi connectivity index (χ2v) is 4.16. The summed E-state index contributed by atoms with van der Waals surface area (Å²) in [7, 11) is 0. The molecule has 0 amide bonds. The van der Waals surface area contributed by atoms with E-state index in [1.807, 2.05) is 0 Å². The molecule has 1 aromatic carbocycles. The van der Waals surface area contributed by atoms with E-state index in [0.29, 0.717) is 6.54 Å². The summed E-state index contributed by atoms with van der Waals surface area (Å²) in [6.07, 6.45) is 3.23. The number of benzene rings is 1. The Hall–Kier alpha value is -2.21. The SMILES string of the molecule is O=[N+]([O-])c1cc(F)c(Cl)cc1NCc1ccncc1. The van der Waals surface area contributed by atoms with Gasteiger partial charge in [0, 0.05) is 18.9 Å². The molecule has 5 nitrogen and oxygen atoms in total. The van der Waals surface area contributed by atoms with Crippen molar-refractivity contribution >= 4 is 23.0 Å². The summed E-state index contributed by atoms with van der Waals surface area (Å²) < 4.78 is 13.2. The van der Waals surface area contributed by atoms with Crippen molar-refractivity contribution in [1.82, 2.24) is 4.98 Å². The van der Waals surface area contributed by atoms with E-state index in [4.69, 9.17) is 11.6 Å². The van der Waals surface area contributed by atoms with Crippen molar-refractivity contribution in [3.05, 3.63) is 63.2 Å². The van der Waals surface area contributed by atoms with Gasteiger partial charge in [-0.3, -0.25) is 15.1 Å². The fourth-order valence-electron chi connectivity index (χ4n) is 1.53. The third-order valence-corrected chi connectivity index (χ3v) is 2.76. The first-order valence-corrected chi connectivity index (χ1v) is 5.72. The molecule has 0 spiro atoms. The van der Waals surface area contributed by atoms with E-state index in [1.165, 1.54) is 6.07 Å². The molecule has 0 radical (unpaired) electrons. The number of nitrogens with one attached hydrogen (secondary N) is 1. The number of anilines is 1. The van der Waals surface area contributed by atoms with Gasteiger partial charge in [-0.15, -0.1) is 0 Å². The highest BCUT2D eigenvalue weighted by atomic mass is 35.5. The fourth-order valence-corrected chi connectivity index (χ4v) is 1.69. The van der Waals surface area contributed by atoms with E-state index in [-0.39, 0.29) is 16.4 Å². The zero-order valence-electron chi connectivity index (χ0n) is 9.64. The fraction of sp³-hybridized carbons (Fsp3) is 0.0833. The van der Waals surface area contributed by atoms with Gasteiger partial charge in [0.1, 0.15) is 11.5 Å². The Balaban J connectivity index is 2.24. The van der Waals surface area contributed by atoms with Crippen LogP contribution in [0.15, 0.2) is 36.7 Å². The third-order valence-electron chi connectivity index (χ3n) is 2.47. The van der Waals surface area contributed by atoms with Gasteiger partial charge in [-0.2, -0.15) is 0 Å². The lowest BCUT2D eigenvalue weighted by atomic mass is 10.2. The highest BCUT2D eigenvalue weighted by Gasteiger charge is 2.17. The second-order valence-electron chi connectivity index (χ2n) is 3.75. The Bertz CT molecular complexity index is 607. The summed E-state index contributed by atoms with van der Waals surface area (Å²) in [5.41, 5.74) is 0.717. The molecule has 0 fully saturated rings. The summed E-state index contributed by atoms with van der Waals surface area (Å²) in [5, 5.41) is 13.5. The minimum Gasteiger partial charge on any atom is -0.375 e. The van der Waals surface area contributed by atoms with Crippen molar-refractivity contribution < 1.29 is 9.31 Å². The molecule has 0 bridgehead atoms.